The molecule has 0 radical (unpaired) electrons. The van der Waals surface area contributed by atoms with Crippen LogP contribution < -0.4 is 5.32 Å². The third-order valence-electron chi connectivity index (χ3n) is 2.84. The molecule has 20 heavy (non-hydrogen) atoms. The molecule has 1 N–H and O–H groups in total. The first-order valence-corrected chi connectivity index (χ1v) is 8.01. The van der Waals surface area contributed by atoms with Gasteiger partial charge < -0.3 is 5.32 Å². The van der Waals surface area contributed by atoms with Crippen molar-refractivity contribution in [1.82, 2.24) is 8.75 Å². The van der Waals surface area contributed by atoms with Crippen molar-refractivity contribution in [3.05, 3.63) is 50.4 Å². The minimum absolute atomic E-state index is 0.564. The van der Waals surface area contributed by atoms with Gasteiger partial charge in [-0.2, -0.15) is 8.75 Å². The van der Waals surface area contributed by atoms with Gasteiger partial charge in [-0.05, 0) is 35.9 Å². The number of hydrogen-bond donors (Lipinski definition) is 1. The van der Waals surface area contributed by atoms with Gasteiger partial charge in [0, 0.05) is 16.0 Å². The van der Waals surface area contributed by atoms with Gasteiger partial charge in [0.2, 0.25) is 0 Å². The molecule has 3 rings (SSSR count). The van der Waals surface area contributed by atoms with Gasteiger partial charge in [0.05, 0.1) is 22.4 Å². The summed E-state index contributed by atoms with van der Waals surface area (Å²) in [5.74, 6) is 0. The van der Waals surface area contributed by atoms with Gasteiger partial charge in [0.1, 0.15) is 11.0 Å². The Morgan fingerprint density at radius 3 is 2.75 bits per heavy atom. The third-order valence-corrected chi connectivity index (χ3v) is 4.56. The Balaban J connectivity index is 1.92. The average Bonchev–Trinajstić information content (AvgIpc) is 2.90. The lowest BCUT2D eigenvalue weighted by atomic mass is 10.2. The van der Waals surface area contributed by atoms with E-state index in [2.05, 4.69) is 30.0 Å². The van der Waals surface area contributed by atoms with E-state index in [-0.39, 0.29) is 0 Å². The van der Waals surface area contributed by atoms with Crippen LogP contribution in [0.15, 0.2) is 34.8 Å². The summed E-state index contributed by atoms with van der Waals surface area (Å²) in [5.41, 5.74) is 3.39. The second-order valence-corrected chi connectivity index (χ2v) is 6.40. The number of nitrogens with one attached hydrogen (secondary N) is 1. The predicted molar refractivity (Wildman–Crippen MR) is 88.9 cm³/mol. The molecule has 0 saturated carbocycles. The van der Waals surface area contributed by atoms with Crippen LogP contribution in [0.5, 0.6) is 0 Å². The first kappa shape index (κ1) is 14.1. The molecule has 0 bridgehead atoms. The van der Waals surface area contributed by atoms with Crippen molar-refractivity contribution in [3.8, 4) is 0 Å². The molecule has 0 spiro atoms. The van der Waals surface area contributed by atoms with Gasteiger partial charge in [0.25, 0.3) is 0 Å². The van der Waals surface area contributed by atoms with E-state index in [9.17, 15) is 0 Å². The quantitative estimate of drug-likeness (QED) is 0.655. The Hall–Kier alpha value is -0.880. The number of fused-ring (bicyclic) bond motifs is 1. The van der Waals surface area contributed by atoms with Gasteiger partial charge >= 0.3 is 0 Å². The number of aromatic nitrogens is 2. The molecule has 0 aliphatic heterocycles. The van der Waals surface area contributed by atoms with E-state index in [0.717, 1.165) is 26.8 Å². The summed E-state index contributed by atoms with van der Waals surface area (Å²) in [5, 5.41) is 4.62. The summed E-state index contributed by atoms with van der Waals surface area (Å²) in [6, 6.07) is 9.41. The normalized spacial score (nSPS) is 10.9. The van der Waals surface area contributed by atoms with Crippen LogP contribution in [0.3, 0.4) is 0 Å². The fraction of sp³-hybridized carbons (Fsp3) is 0.0769. The first-order chi connectivity index (χ1) is 9.65. The molecule has 1 heterocycles. The van der Waals surface area contributed by atoms with Crippen LogP contribution in [0, 0.1) is 0 Å². The Kier molecular flexibility index (Phi) is 4.12. The minimum Gasteiger partial charge on any atom is -0.378 e. The van der Waals surface area contributed by atoms with E-state index in [1.54, 1.807) is 0 Å². The number of benzene rings is 2. The van der Waals surface area contributed by atoms with Crippen molar-refractivity contribution < 1.29 is 0 Å². The topological polar surface area (TPSA) is 37.8 Å². The Labute approximate surface area is 138 Å². The van der Waals surface area contributed by atoms with Gasteiger partial charge in [-0.25, -0.2) is 0 Å². The lowest BCUT2D eigenvalue weighted by Gasteiger charge is -2.10. The SMILES string of the molecule is Clc1ccc(Br)cc1CNc1c(Cl)ccc2nsnc12. The molecule has 0 saturated heterocycles. The molecule has 0 unspecified atom stereocenters. The Bertz CT molecular complexity index is 775. The zero-order chi connectivity index (χ0) is 14.1. The summed E-state index contributed by atoms with van der Waals surface area (Å²) < 4.78 is 9.46. The zero-order valence-corrected chi connectivity index (χ0v) is 13.9. The highest BCUT2D eigenvalue weighted by molar-refractivity contribution is 9.10. The fourth-order valence-corrected chi connectivity index (χ4v) is 3.21. The van der Waals surface area contributed by atoms with Crippen molar-refractivity contribution in [3.63, 3.8) is 0 Å². The van der Waals surface area contributed by atoms with Crippen molar-refractivity contribution >= 4 is 67.6 Å². The van der Waals surface area contributed by atoms with Crippen LogP contribution in [0.4, 0.5) is 5.69 Å². The lowest BCUT2D eigenvalue weighted by molar-refractivity contribution is 1.15. The van der Waals surface area contributed by atoms with E-state index in [0.29, 0.717) is 16.6 Å². The van der Waals surface area contributed by atoms with Crippen LogP contribution in [0.2, 0.25) is 10.0 Å². The van der Waals surface area contributed by atoms with E-state index >= 15 is 0 Å². The monoisotopic (exact) mass is 387 g/mol. The van der Waals surface area contributed by atoms with Gasteiger partial charge in [0.15, 0.2) is 0 Å². The number of anilines is 1. The smallest absolute Gasteiger partial charge is 0.129 e. The molecule has 7 heteroatoms. The highest BCUT2D eigenvalue weighted by atomic mass is 79.9. The van der Waals surface area contributed by atoms with Crippen molar-refractivity contribution in [1.29, 1.82) is 0 Å². The second-order valence-electron chi connectivity index (χ2n) is 4.14. The molecular formula is C13H8BrCl2N3S. The van der Waals surface area contributed by atoms with Crippen LogP contribution in [0.1, 0.15) is 5.56 Å². The molecule has 1 aromatic heterocycles. The molecule has 0 fully saturated rings. The van der Waals surface area contributed by atoms with Crippen LogP contribution in [0.25, 0.3) is 11.0 Å². The molecule has 3 nitrogen and oxygen atoms in total. The number of nitrogens with zero attached hydrogens (tertiary/aromatic N) is 2. The first-order valence-electron chi connectivity index (χ1n) is 5.74. The predicted octanol–water partition coefficient (Wildman–Crippen LogP) is 5.37. The molecule has 2 aromatic carbocycles. The van der Waals surface area contributed by atoms with Crippen molar-refractivity contribution in [2.24, 2.45) is 0 Å². The molecule has 0 atom stereocenters. The van der Waals surface area contributed by atoms with Gasteiger partial charge in [-0.1, -0.05) is 39.1 Å². The largest absolute Gasteiger partial charge is 0.378 e. The average molecular weight is 389 g/mol. The number of halogens is 3. The van der Waals surface area contributed by atoms with E-state index in [1.165, 1.54) is 11.7 Å². The van der Waals surface area contributed by atoms with E-state index in [4.69, 9.17) is 23.2 Å². The second kappa shape index (κ2) is 5.85. The number of hydrogen-bond acceptors (Lipinski definition) is 4. The summed E-state index contributed by atoms with van der Waals surface area (Å²) in [4.78, 5) is 0. The van der Waals surface area contributed by atoms with Crippen LogP contribution in [-0.2, 0) is 6.54 Å². The summed E-state index contributed by atoms with van der Waals surface area (Å²) in [6.45, 7) is 0.564. The highest BCUT2D eigenvalue weighted by Crippen LogP contribution is 2.31. The maximum Gasteiger partial charge on any atom is 0.129 e. The summed E-state index contributed by atoms with van der Waals surface area (Å²) >= 11 is 17.0. The Morgan fingerprint density at radius 1 is 1.10 bits per heavy atom. The fourth-order valence-electron chi connectivity index (χ4n) is 1.86. The molecular weight excluding hydrogens is 381 g/mol. The summed E-state index contributed by atoms with van der Waals surface area (Å²) in [6.07, 6.45) is 0. The molecule has 102 valence electrons. The van der Waals surface area contributed by atoms with Crippen molar-refractivity contribution in [2.75, 3.05) is 5.32 Å². The van der Waals surface area contributed by atoms with Crippen molar-refractivity contribution in [2.45, 2.75) is 6.54 Å². The summed E-state index contributed by atoms with van der Waals surface area (Å²) in [7, 11) is 0. The van der Waals surface area contributed by atoms with Crippen LogP contribution >= 0.6 is 50.9 Å². The zero-order valence-electron chi connectivity index (χ0n) is 10.0. The van der Waals surface area contributed by atoms with E-state index < -0.39 is 0 Å². The maximum absolute atomic E-state index is 6.23. The van der Waals surface area contributed by atoms with Gasteiger partial charge in [-0.15, -0.1) is 0 Å². The standard InChI is InChI=1S/C13H8BrCl2N3S/c14-8-1-2-9(15)7(5-8)6-17-12-10(16)3-4-11-13(12)19-20-18-11/h1-5,17H,6H2. The molecule has 0 aliphatic rings. The van der Waals surface area contributed by atoms with Gasteiger partial charge in [-0.3, -0.25) is 0 Å². The highest BCUT2D eigenvalue weighted by Gasteiger charge is 2.10. The van der Waals surface area contributed by atoms with E-state index in [1.807, 2.05) is 30.3 Å². The molecule has 0 amide bonds. The Morgan fingerprint density at radius 2 is 1.90 bits per heavy atom. The molecule has 3 aromatic rings. The lowest BCUT2D eigenvalue weighted by Crippen LogP contribution is -2.01. The molecule has 0 aliphatic carbocycles. The van der Waals surface area contributed by atoms with Crippen LogP contribution in [-0.4, -0.2) is 8.75 Å². The minimum atomic E-state index is 0.564. The third kappa shape index (κ3) is 2.76. The maximum atomic E-state index is 6.23. The number of rotatable bonds is 3.